The van der Waals surface area contributed by atoms with Gasteiger partial charge in [0.1, 0.15) is 13.2 Å². The second kappa shape index (κ2) is 9.46. The average Bonchev–Trinajstić information content (AvgIpc) is 2.74. The Balaban J connectivity index is 1.16. The number of anilines is 1. The molecule has 3 aliphatic rings. The van der Waals surface area contributed by atoms with Crippen LogP contribution in [-0.2, 0) is 4.79 Å². The first-order valence-corrected chi connectivity index (χ1v) is 10.8. The fourth-order valence-corrected chi connectivity index (χ4v) is 4.52. The number of likely N-dealkylation sites (tertiary alicyclic amines) is 1. The van der Waals surface area contributed by atoms with Crippen LogP contribution in [0.5, 0.6) is 11.5 Å². The van der Waals surface area contributed by atoms with Gasteiger partial charge in [-0.25, -0.2) is 0 Å². The topological polar surface area (TPSA) is 50.8 Å². The van der Waals surface area contributed by atoms with E-state index in [1.165, 1.54) is 51.7 Å². The van der Waals surface area contributed by atoms with E-state index in [2.05, 4.69) is 22.4 Å². The summed E-state index contributed by atoms with van der Waals surface area (Å²) in [4.78, 5) is 15.0. The summed E-state index contributed by atoms with van der Waals surface area (Å²) in [6.07, 6.45) is 12.5. The van der Waals surface area contributed by atoms with Gasteiger partial charge in [-0.3, -0.25) is 4.79 Å². The summed E-state index contributed by atoms with van der Waals surface area (Å²) in [5, 5.41) is 3.00. The van der Waals surface area contributed by atoms with Crippen LogP contribution >= 0.6 is 0 Å². The molecule has 5 nitrogen and oxygen atoms in total. The highest BCUT2D eigenvalue weighted by atomic mass is 16.6. The van der Waals surface area contributed by atoms with Gasteiger partial charge >= 0.3 is 0 Å². The molecular formula is C23H32N2O3. The fourth-order valence-electron chi connectivity index (χ4n) is 4.52. The Morgan fingerprint density at radius 3 is 2.64 bits per heavy atom. The van der Waals surface area contributed by atoms with Crippen LogP contribution in [0.2, 0.25) is 0 Å². The summed E-state index contributed by atoms with van der Waals surface area (Å²) in [7, 11) is 0. The van der Waals surface area contributed by atoms with Gasteiger partial charge in [-0.15, -0.1) is 0 Å². The third-order valence-corrected chi connectivity index (χ3v) is 6.21. The molecule has 4 rings (SSSR count). The van der Waals surface area contributed by atoms with E-state index in [1.54, 1.807) is 0 Å². The van der Waals surface area contributed by atoms with Crippen molar-refractivity contribution in [3.8, 4) is 11.5 Å². The summed E-state index contributed by atoms with van der Waals surface area (Å²) in [6, 6.07) is 5.59. The van der Waals surface area contributed by atoms with E-state index in [1.807, 2.05) is 18.2 Å². The molecule has 0 bridgehead atoms. The molecule has 1 saturated heterocycles. The van der Waals surface area contributed by atoms with Crippen LogP contribution in [0.15, 0.2) is 30.4 Å². The zero-order valence-corrected chi connectivity index (χ0v) is 16.7. The lowest BCUT2D eigenvalue weighted by atomic mass is 9.89. The van der Waals surface area contributed by atoms with Crippen LogP contribution in [0, 0.1) is 11.8 Å². The number of amides is 1. The minimum absolute atomic E-state index is 0.0908. The van der Waals surface area contributed by atoms with Gasteiger partial charge in [-0.05, 0) is 75.6 Å². The van der Waals surface area contributed by atoms with Gasteiger partial charge in [0.05, 0.1) is 0 Å². The van der Waals surface area contributed by atoms with E-state index in [9.17, 15) is 4.79 Å². The first-order chi connectivity index (χ1) is 13.8. The quantitative estimate of drug-likeness (QED) is 0.745. The van der Waals surface area contributed by atoms with E-state index in [0.29, 0.717) is 31.3 Å². The summed E-state index contributed by atoms with van der Waals surface area (Å²) in [5.74, 6) is 3.07. The van der Waals surface area contributed by atoms with Gasteiger partial charge in [0.2, 0.25) is 5.91 Å². The van der Waals surface area contributed by atoms with Gasteiger partial charge in [0, 0.05) is 24.7 Å². The van der Waals surface area contributed by atoms with Crippen LogP contribution in [-0.4, -0.2) is 43.7 Å². The highest BCUT2D eigenvalue weighted by Gasteiger charge is 2.22. The summed E-state index contributed by atoms with van der Waals surface area (Å²) < 4.78 is 11.1. The van der Waals surface area contributed by atoms with E-state index >= 15 is 0 Å². The van der Waals surface area contributed by atoms with Gasteiger partial charge in [-0.1, -0.05) is 12.2 Å². The van der Waals surface area contributed by atoms with Crippen molar-refractivity contribution in [1.82, 2.24) is 4.90 Å². The first kappa shape index (κ1) is 19.3. The van der Waals surface area contributed by atoms with E-state index in [0.717, 1.165) is 23.8 Å². The lowest BCUT2D eigenvalue weighted by Gasteiger charge is -2.34. The molecule has 0 saturated carbocycles. The van der Waals surface area contributed by atoms with Crippen molar-refractivity contribution >= 4 is 11.6 Å². The van der Waals surface area contributed by atoms with Gasteiger partial charge in [0.15, 0.2) is 11.5 Å². The van der Waals surface area contributed by atoms with Crippen molar-refractivity contribution in [3.05, 3.63) is 30.4 Å². The molecule has 2 heterocycles. The largest absolute Gasteiger partial charge is 0.486 e. The molecule has 1 atom stereocenters. The Morgan fingerprint density at radius 2 is 1.86 bits per heavy atom. The lowest BCUT2D eigenvalue weighted by Crippen LogP contribution is -2.37. The molecular weight excluding hydrogens is 352 g/mol. The molecule has 1 aliphatic carbocycles. The molecule has 1 fully saturated rings. The number of benzene rings is 1. The maximum atomic E-state index is 12.4. The second-order valence-electron chi connectivity index (χ2n) is 8.34. The summed E-state index contributed by atoms with van der Waals surface area (Å²) in [5.41, 5.74) is 0.783. The molecule has 0 spiro atoms. The Bertz CT molecular complexity index is 695. The van der Waals surface area contributed by atoms with Crippen LogP contribution < -0.4 is 14.8 Å². The number of rotatable bonds is 6. The molecule has 0 radical (unpaired) electrons. The molecule has 0 unspecified atom stereocenters. The Morgan fingerprint density at radius 1 is 1.04 bits per heavy atom. The number of carbonyl (C=O) groups is 1. The standard InChI is InChI=1S/C23H32N2O3/c26-23(24-20-7-8-21-22(16-20)28-15-14-27-21)9-6-18-10-12-25(13-11-18)17-19-4-2-1-3-5-19/h1-2,7-8,16,18-19H,3-6,9-15,17H2,(H,24,26)/t19-/m1/s1. The molecule has 1 aromatic rings. The zero-order valence-electron chi connectivity index (χ0n) is 16.7. The predicted octanol–water partition coefficient (Wildman–Crippen LogP) is 4.24. The second-order valence-corrected chi connectivity index (χ2v) is 8.34. The maximum absolute atomic E-state index is 12.4. The Labute approximate surface area is 168 Å². The molecule has 2 aliphatic heterocycles. The van der Waals surface area contributed by atoms with E-state index < -0.39 is 0 Å². The molecule has 0 aromatic heterocycles. The first-order valence-electron chi connectivity index (χ1n) is 10.8. The summed E-state index contributed by atoms with van der Waals surface area (Å²) in [6.45, 7) is 4.76. The minimum Gasteiger partial charge on any atom is -0.486 e. The maximum Gasteiger partial charge on any atom is 0.224 e. The van der Waals surface area contributed by atoms with Gasteiger partial charge < -0.3 is 19.7 Å². The lowest BCUT2D eigenvalue weighted by molar-refractivity contribution is -0.116. The smallest absolute Gasteiger partial charge is 0.224 e. The highest BCUT2D eigenvalue weighted by molar-refractivity contribution is 5.91. The van der Waals surface area contributed by atoms with Crippen LogP contribution in [0.4, 0.5) is 5.69 Å². The number of piperidine rings is 1. The monoisotopic (exact) mass is 384 g/mol. The number of fused-ring (bicyclic) bond motifs is 1. The SMILES string of the molecule is O=C(CCC1CCN(C[C@@H]2CC=CCC2)CC1)Nc1ccc2c(c1)OCCO2. The number of nitrogens with one attached hydrogen (secondary N) is 1. The number of hydrogen-bond donors (Lipinski definition) is 1. The van der Waals surface area contributed by atoms with Gasteiger partial charge in [0.25, 0.3) is 0 Å². The van der Waals surface area contributed by atoms with Gasteiger partial charge in [-0.2, -0.15) is 0 Å². The molecule has 1 aromatic carbocycles. The van der Waals surface area contributed by atoms with Crippen molar-refractivity contribution in [2.45, 2.75) is 44.9 Å². The normalized spacial score (nSPS) is 22.8. The van der Waals surface area contributed by atoms with Crippen molar-refractivity contribution in [3.63, 3.8) is 0 Å². The predicted molar refractivity (Wildman–Crippen MR) is 111 cm³/mol. The molecule has 5 heteroatoms. The van der Waals surface area contributed by atoms with Crippen LogP contribution in [0.1, 0.15) is 44.9 Å². The number of hydrogen-bond acceptors (Lipinski definition) is 4. The summed E-state index contributed by atoms with van der Waals surface area (Å²) >= 11 is 0. The number of allylic oxidation sites excluding steroid dienone is 2. The number of ether oxygens (including phenoxy) is 2. The number of nitrogens with zero attached hydrogens (tertiary/aromatic N) is 1. The Hall–Kier alpha value is -2.01. The molecule has 28 heavy (non-hydrogen) atoms. The van der Waals surface area contributed by atoms with Crippen LogP contribution in [0.25, 0.3) is 0 Å². The fraction of sp³-hybridized carbons (Fsp3) is 0.609. The molecule has 1 N–H and O–H groups in total. The minimum atomic E-state index is 0.0908. The third kappa shape index (κ3) is 5.28. The van der Waals surface area contributed by atoms with Crippen molar-refractivity contribution in [2.75, 3.05) is 38.2 Å². The molecule has 1 amide bonds. The third-order valence-electron chi connectivity index (χ3n) is 6.21. The van der Waals surface area contributed by atoms with Crippen molar-refractivity contribution in [1.29, 1.82) is 0 Å². The molecule has 152 valence electrons. The highest BCUT2D eigenvalue weighted by Crippen LogP contribution is 2.33. The van der Waals surface area contributed by atoms with E-state index in [4.69, 9.17) is 9.47 Å². The van der Waals surface area contributed by atoms with E-state index in [-0.39, 0.29) is 5.91 Å². The van der Waals surface area contributed by atoms with Crippen LogP contribution in [0.3, 0.4) is 0 Å². The zero-order chi connectivity index (χ0) is 19.2. The van der Waals surface area contributed by atoms with Crippen molar-refractivity contribution in [2.24, 2.45) is 11.8 Å². The Kier molecular flexibility index (Phi) is 6.53. The number of carbonyl (C=O) groups excluding carboxylic acids is 1. The average molecular weight is 385 g/mol. The van der Waals surface area contributed by atoms with Crippen molar-refractivity contribution < 1.29 is 14.3 Å².